The highest BCUT2D eigenvalue weighted by Gasteiger charge is 2.29. The Labute approximate surface area is 157 Å². The Balaban J connectivity index is 2.00. The quantitative estimate of drug-likeness (QED) is 0.605. The van der Waals surface area contributed by atoms with E-state index in [-0.39, 0.29) is 22.9 Å². The molecule has 3 aromatic rings. The highest BCUT2D eigenvalue weighted by molar-refractivity contribution is 5.77. The number of aromatic nitrogens is 4. The summed E-state index contributed by atoms with van der Waals surface area (Å²) in [6, 6.07) is 5.91. The number of halogens is 1. The Morgan fingerprint density at radius 1 is 1.25 bits per heavy atom. The molecule has 0 aliphatic carbocycles. The first-order chi connectivity index (χ1) is 13.3. The van der Waals surface area contributed by atoms with Crippen LogP contribution in [-0.4, -0.2) is 31.2 Å². The molecule has 2 aromatic heterocycles. The summed E-state index contributed by atoms with van der Waals surface area (Å²) in [5.74, 6) is -1.33. The monoisotopic (exact) mass is 386 g/mol. The minimum Gasteiger partial charge on any atom is -0.548 e. The highest BCUT2D eigenvalue weighted by atomic mass is 19.1. The van der Waals surface area contributed by atoms with Crippen molar-refractivity contribution in [2.45, 2.75) is 20.0 Å². The number of imidazole rings is 1. The second-order valence-electron chi connectivity index (χ2n) is 6.99. The summed E-state index contributed by atoms with van der Waals surface area (Å²) in [5, 5.41) is 11.0. The number of hydrogen-bond acceptors (Lipinski definition) is 6. The van der Waals surface area contributed by atoms with Crippen LogP contribution in [0.3, 0.4) is 0 Å². The van der Waals surface area contributed by atoms with Crippen molar-refractivity contribution in [1.29, 1.82) is 0 Å². The third-order valence-corrected chi connectivity index (χ3v) is 4.87. The van der Waals surface area contributed by atoms with Crippen LogP contribution < -0.4 is 21.3 Å². The number of carbonyl (C=O) groups excluding carboxylic acids is 1. The van der Waals surface area contributed by atoms with Gasteiger partial charge in [-0.25, -0.2) is 9.18 Å². The molecule has 0 fully saturated rings. The number of aryl methyl sites for hydroxylation is 1. The van der Waals surface area contributed by atoms with E-state index in [4.69, 9.17) is 0 Å². The zero-order chi connectivity index (χ0) is 20.2. The van der Waals surface area contributed by atoms with Gasteiger partial charge in [-0.2, -0.15) is 4.98 Å². The van der Waals surface area contributed by atoms with Crippen LogP contribution in [0, 0.1) is 11.7 Å². The van der Waals surface area contributed by atoms with Gasteiger partial charge >= 0.3 is 5.69 Å². The summed E-state index contributed by atoms with van der Waals surface area (Å²) in [5.41, 5.74) is -0.491. The van der Waals surface area contributed by atoms with Gasteiger partial charge in [-0.3, -0.25) is 13.9 Å². The standard InChI is InChI=1S/C18H18FN5O4/c1-10-7-22(12-5-3-11(19)4-6-12)17-20-15-14(23(17)8-10)16(27)24(9-13(25)26)18(28)21(15)2/h3-6,10H,7-9H2,1-2H3,(H,25,26)/p-1/t10-/m1/s1. The van der Waals surface area contributed by atoms with E-state index in [1.54, 1.807) is 16.7 Å². The van der Waals surface area contributed by atoms with E-state index in [1.165, 1.54) is 19.2 Å². The average molecular weight is 386 g/mol. The normalized spacial score (nSPS) is 16.4. The van der Waals surface area contributed by atoms with E-state index in [0.29, 0.717) is 29.3 Å². The van der Waals surface area contributed by atoms with Gasteiger partial charge < -0.3 is 19.4 Å². The number of rotatable bonds is 3. The Bertz CT molecular complexity index is 1210. The zero-order valence-corrected chi connectivity index (χ0v) is 15.3. The maximum Gasteiger partial charge on any atom is 0.332 e. The SMILES string of the molecule is C[C@@H]1CN(c2ccc(F)cc2)c2nc3c(c(=O)n(CC(=O)[O-])c(=O)n3C)n2C1. The van der Waals surface area contributed by atoms with Gasteiger partial charge in [-0.05, 0) is 30.2 Å². The van der Waals surface area contributed by atoms with Crippen molar-refractivity contribution in [1.82, 2.24) is 18.7 Å². The largest absolute Gasteiger partial charge is 0.548 e. The van der Waals surface area contributed by atoms with Crippen LogP contribution in [0.2, 0.25) is 0 Å². The molecule has 0 saturated heterocycles. The Morgan fingerprint density at radius 2 is 1.93 bits per heavy atom. The molecule has 1 aliphatic heterocycles. The van der Waals surface area contributed by atoms with Gasteiger partial charge in [0, 0.05) is 25.8 Å². The zero-order valence-electron chi connectivity index (χ0n) is 15.3. The fourth-order valence-corrected chi connectivity index (χ4v) is 3.61. The molecule has 28 heavy (non-hydrogen) atoms. The molecule has 0 radical (unpaired) electrons. The number of aliphatic carboxylic acids is 1. The van der Waals surface area contributed by atoms with E-state index in [2.05, 4.69) is 4.98 Å². The molecule has 0 spiro atoms. The van der Waals surface area contributed by atoms with Crippen LogP contribution >= 0.6 is 0 Å². The summed E-state index contributed by atoms with van der Waals surface area (Å²) in [7, 11) is 1.43. The van der Waals surface area contributed by atoms with Gasteiger partial charge in [0.15, 0.2) is 11.2 Å². The molecule has 3 heterocycles. The van der Waals surface area contributed by atoms with Gasteiger partial charge in [-0.1, -0.05) is 6.92 Å². The molecule has 0 bridgehead atoms. The molecule has 1 aromatic carbocycles. The molecule has 1 aliphatic rings. The van der Waals surface area contributed by atoms with Gasteiger partial charge in [-0.15, -0.1) is 0 Å². The third kappa shape index (κ3) is 2.68. The predicted molar refractivity (Wildman–Crippen MR) is 96.8 cm³/mol. The summed E-state index contributed by atoms with van der Waals surface area (Å²) < 4.78 is 16.8. The van der Waals surface area contributed by atoms with Crippen LogP contribution in [0.15, 0.2) is 33.9 Å². The molecule has 0 N–H and O–H groups in total. The molecule has 146 valence electrons. The second kappa shape index (κ2) is 6.32. The highest BCUT2D eigenvalue weighted by Crippen LogP contribution is 2.32. The Kier molecular flexibility index (Phi) is 4.06. The first-order valence-corrected chi connectivity index (χ1v) is 8.71. The van der Waals surface area contributed by atoms with Crippen LogP contribution in [-0.2, 0) is 24.9 Å². The van der Waals surface area contributed by atoms with Crippen molar-refractivity contribution in [3.63, 3.8) is 0 Å². The lowest BCUT2D eigenvalue weighted by Gasteiger charge is -2.32. The van der Waals surface area contributed by atoms with Crippen molar-refractivity contribution in [2.75, 3.05) is 11.4 Å². The van der Waals surface area contributed by atoms with E-state index >= 15 is 0 Å². The number of hydrogen-bond donors (Lipinski definition) is 0. The molecule has 4 rings (SSSR count). The van der Waals surface area contributed by atoms with Crippen LogP contribution in [0.4, 0.5) is 16.0 Å². The fraction of sp³-hybridized carbons (Fsp3) is 0.333. The molecule has 0 unspecified atom stereocenters. The first kappa shape index (κ1) is 18.0. The second-order valence-corrected chi connectivity index (χ2v) is 6.99. The van der Waals surface area contributed by atoms with Crippen molar-refractivity contribution in [3.8, 4) is 0 Å². The lowest BCUT2D eigenvalue weighted by molar-refractivity contribution is -0.306. The van der Waals surface area contributed by atoms with Crippen LogP contribution in [0.1, 0.15) is 6.92 Å². The van der Waals surface area contributed by atoms with Crippen molar-refractivity contribution < 1.29 is 14.3 Å². The number of carboxylic acids is 1. The maximum absolute atomic E-state index is 13.3. The number of nitrogens with zero attached hydrogens (tertiary/aromatic N) is 5. The minimum absolute atomic E-state index is 0.126. The molecule has 0 saturated carbocycles. The Hall–Kier alpha value is -3.43. The fourth-order valence-electron chi connectivity index (χ4n) is 3.61. The maximum atomic E-state index is 13.3. The smallest absolute Gasteiger partial charge is 0.332 e. The predicted octanol–water partition coefficient (Wildman–Crippen LogP) is -0.426. The van der Waals surface area contributed by atoms with Crippen molar-refractivity contribution in [2.24, 2.45) is 13.0 Å². The van der Waals surface area contributed by atoms with E-state index in [9.17, 15) is 23.9 Å². The number of carbonyl (C=O) groups is 1. The summed E-state index contributed by atoms with van der Waals surface area (Å²) in [4.78, 5) is 42.7. The van der Waals surface area contributed by atoms with E-state index in [0.717, 1.165) is 4.57 Å². The lowest BCUT2D eigenvalue weighted by atomic mass is 10.1. The van der Waals surface area contributed by atoms with Crippen LogP contribution in [0.25, 0.3) is 11.2 Å². The first-order valence-electron chi connectivity index (χ1n) is 8.71. The average Bonchev–Trinajstić information content (AvgIpc) is 3.03. The molecular weight excluding hydrogens is 369 g/mol. The lowest BCUT2D eigenvalue weighted by Crippen LogP contribution is -2.44. The van der Waals surface area contributed by atoms with Gasteiger partial charge in [0.1, 0.15) is 5.82 Å². The minimum atomic E-state index is -1.53. The van der Waals surface area contributed by atoms with Gasteiger partial charge in [0.2, 0.25) is 5.95 Å². The number of fused-ring (bicyclic) bond motifs is 3. The summed E-state index contributed by atoms with van der Waals surface area (Å²) in [6.45, 7) is 2.23. The van der Waals surface area contributed by atoms with Gasteiger partial charge in [0.25, 0.3) is 5.56 Å². The number of benzene rings is 1. The van der Waals surface area contributed by atoms with Crippen molar-refractivity contribution >= 4 is 28.8 Å². The van der Waals surface area contributed by atoms with E-state index in [1.807, 2.05) is 11.8 Å². The molecule has 10 heteroatoms. The van der Waals surface area contributed by atoms with Crippen LogP contribution in [0.5, 0.6) is 0 Å². The Morgan fingerprint density at radius 3 is 2.57 bits per heavy atom. The molecule has 1 atom stereocenters. The molecule has 9 nitrogen and oxygen atoms in total. The molecule has 0 amide bonds. The third-order valence-electron chi connectivity index (χ3n) is 4.87. The van der Waals surface area contributed by atoms with Crippen molar-refractivity contribution in [3.05, 3.63) is 50.9 Å². The van der Waals surface area contributed by atoms with Gasteiger partial charge in [0.05, 0.1) is 12.5 Å². The number of anilines is 2. The number of carboxylic acid groups (broad SMARTS) is 1. The summed E-state index contributed by atoms with van der Waals surface area (Å²) >= 11 is 0. The summed E-state index contributed by atoms with van der Waals surface area (Å²) in [6.07, 6.45) is 0. The van der Waals surface area contributed by atoms with E-state index < -0.39 is 23.8 Å². The molecular formula is C18H17FN5O4-. The topological polar surface area (TPSA) is 105 Å².